The van der Waals surface area contributed by atoms with Crippen molar-refractivity contribution < 1.29 is 14.4 Å². The zero-order chi connectivity index (χ0) is 16.6. The van der Waals surface area contributed by atoms with Crippen molar-refractivity contribution in [3.05, 3.63) is 47.5 Å². The van der Waals surface area contributed by atoms with Crippen molar-refractivity contribution in [3.63, 3.8) is 0 Å². The summed E-state index contributed by atoms with van der Waals surface area (Å²) in [6, 6.07) is 6.02. The Labute approximate surface area is 135 Å². The Bertz CT molecular complexity index is 650. The van der Waals surface area contributed by atoms with Crippen molar-refractivity contribution in [2.45, 2.75) is 26.3 Å². The average molecular weight is 312 g/mol. The van der Waals surface area contributed by atoms with Crippen LogP contribution in [-0.4, -0.2) is 46.7 Å². The van der Waals surface area contributed by atoms with Crippen LogP contribution >= 0.6 is 0 Å². The van der Waals surface area contributed by atoms with Crippen LogP contribution in [0.3, 0.4) is 0 Å². The predicted molar refractivity (Wildman–Crippen MR) is 85.9 cm³/mol. The smallest absolute Gasteiger partial charge is 0.262 e. The van der Waals surface area contributed by atoms with E-state index in [0.717, 1.165) is 4.90 Å². The molecule has 3 rings (SSSR count). The molecule has 1 aromatic rings. The van der Waals surface area contributed by atoms with Crippen LogP contribution in [0.5, 0.6) is 0 Å². The normalized spacial score (nSPS) is 18.0. The molecule has 0 saturated carbocycles. The van der Waals surface area contributed by atoms with Gasteiger partial charge in [0.2, 0.25) is 5.91 Å². The Morgan fingerprint density at radius 1 is 1.04 bits per heavy atom. The highest BCUT2D eigenvalue weighted by Crippen LogP contribution is 2.28. The molecule has 5 nitrogen and oxygen atoms in total. The molecular weight excluding hydrogens is 292 g/mol. The molecule has 0 aromatic heterocycles. The average Bonchev–Trinajstić information content (AvgIpc) is 3.14. The Morgan fingerprint density at radius 2 is 1.57 bits per heavy atom. The van der Waals surface area contributed by atoms with Gasteiger partial charge in [0.25, 0.3) is 11.8 Å². The van der Waals surface area contributed by atoms with Crippen molar-refractivity contribution in [2.75, 3.05) is 13.1 Å². The van der Waals surface area contributed by atoms with Gasteiger partial charge in [0.1, 0.15) is 6.04 Å². The second-order valence-electron chi connectivity index (χ2n) is 6.39. The first kappa shape index (κ1) is 15.5. The molecule has 2 aliphatic heterocycles. The van der Waals surface area contributed by atoms with E-state index in [-0.39, 0.29) is 23.6 Å². The number of fused-ring (bicyclic) bond motifs is 1. The summed E-state index contributed by atoms with van der Waals surface area (Å²) in [5, 5.41) is 0. The van der Waals surface area contributed by atoms with E-state index in [0.29, 0.717) is 30.6 Å². The molecular formula is C18H20N2O3. The number of nitrogens with zero attached hydrogens (tertiary/aromatic N) is 2. The summed E-state index contributed by atoms with van der Waals surface area (Å²) < 4.78 is 0. The Balaban J connectivity index is 1.93. The zero-order valence-electron chi connectivity index (χ0n) is 13.4. The fraction of sp³-hybridized carbons (Fsp3) is 0.389. The number of rotatable bonds is 4. The van der Waals surface area contributed by atoms with Gasteiger partial charge in [-0.25, -0.2) is 0 Å². The summed E-state index contributed by atoms with van der Waals surface area (Å²) in [7, 11) is 0. The highest BCUT2D eigenvalue weighted by atomic mass is 16.2. The van der Waals surface area contributed by atoms with Crippen LogP contribution in [0.4, 0.5) is 0 Å². The third-order valence-corrected chi connectivity index (χ3v) is 4.25. The lowest BCUT2D eigenvalue weighted by molar-refractivity contribution is -0.134. The topological polar surface area (TPSA) is 57.7 Å². The lowest BCUT2D eigenvalue weighted by Crippen LogP contribution is -2.51. The minimum Gasteiger partial charge on any atom is -0.333 e. The second-order valence-corrected chi connectivity index (χ2v) is 6.39. The van der Waals surface area contributed by atoms with Crippen LogP contribution in [0.15, 0.2) is 36.4 Å². The molecule has 0 N–H and O–H groups in total. The maximum atomic E-state index is 12.9. The van der Waals surface area contributed by atoms with Gasteiger partial charge in [0.05, 0.1) is 11.1 Å². The number of amides is 3. The number of imide groups is 1. The molecule has 0 bridgehead atoms. The molecule has 2 aliphatic rings. The SMILES string of the molecule is CC(C)CC(C(=O)N1CC=CC1)N1C(=O)c2ccccc2C1=O. The summed E-state index contributed by atoms with van der Waals surface area (Å²) in [5.74, 6) is -0.685. The summed E-state index contributed by atoms with van der Waals surface area (Å²) in [6.45, 7) is 5.05. The maximum Gasteiger partial charge on any atom is 0.262 e. The first-order valence-corrected chi connectivity index (χ1v) is 7.91. The van der Waals surface area contributed by atoms with Gasteiger partial charge in [-0.1, -0.05) is 38.1 Å². The number of hydrogen-bond acceptors (Lipinski definition) is 3. The van der Waals surface area contributed by atoms with Gasteiger partial charge in [-0.05, 0) is 24.5 Å². The van der Waals surface area contributed by atoms with Gasteiger partial charge in [0, 0.05) is 13.1 Å². The van der Waals surface area contributed by atoms with Crippen molar-refractivity contribution in [1.82, 2.24) is 9.80 Å². The van der Waals surface area contributed by atoms with E-state index in [9.17, 15) is 14.4 Å². The first-order chi connectivity index (χ1) is 11.0. The Hall–Kier alpha value is -2.43. The van der Waals surface area contributed by atoms with Gasteiger partial charge < -0.3 is 4.90 Å². The van der Waals surface area contributed by atoms with Gasteiger partial charge in [-0.2, -0.15) is 0 Å². The van der Waals surface area contributed by atoms with Gasteiger partial charge in [-0.15, -0.1) is 0 Å². The molecule has 3 amide bonds. The van der Waals surface area contributed by atoms with Crippen LogP contribution in [0.25, 0.3) is 0 Å². The minimum atomic E-state index is -0.734. The van der Waals surface area contributed by atoms with Crippen LogP contribution in [0.1, 0.15) is 41.0 Å². The molecule has 0 saturated heterocycles. The third kappa shape index (κ3) is 2.67. The van der Waals surface area contributed by atoms with E-state index < -0.39 is 6.04 Å². The lowest BCUT2D eigenvalue weighted by Gasteiger charge is -2.30. The number of hydrogen-bond donors (Lipinski definition) is 0. The van der Waals surface area contributed by atoms with E-state index in [1.807, 2.05) is 26.0 Å². The number of carbonyl (C=O) groups is 3. The maximum absolute atomic E-state index is 12.9. The van der Waals surface area contributed by atoms with Crippen LogP contribution in [0.2, 0.25) is 0 Å². The predicted octanol–water partition coefficient (Wildman–Crippen LogP) is 2.10. The molecule has 1 unspecified atom stereocenters. The molecule has 5 heteroatoms. The van der Waals surface area contributed by atoms with Gasteiger partial charge >= 0.3 is 0 Å². The molecule has 0 aliphatic carbocycles. The van der Waals surface area contributed by atoms with Gasteiger partial charge in [0.15, 0.2) is 0 Å². The lowest BCUT2D eigenvalue weighted by atomic mass is 10.0. The minimum absolute atomic E-state index is 0.154. The van der Waals surface area contributed by atoms with E-state index in [4.69, 9.17) is 0 Å². The standard InChI is InChI=1S/C18H20N2O3/c1-12(2)11-15(18(23)19-9-5-6-10-19)20-16(21)13-7-3-4-8-14(13)17(20)22/h3-8,12,15H,9-11H2,1-2H3. The Morgan fingerprint density at radius 3 is 2.04 bits per heavy atom. The third-order valence-electron chi connectivity index (χ3n) is 4.25. The van der Waals surface area contributed by atoms with Crippen LogP contribution < -0.4 is 0 Å². The largest absolute Gasteiger partial charge is 0.333 e. The fourth-order valence-electron chi connectivity index (χ4n) is 3.12. The van der Waals surface area contributed by atoms with E-state index in [1.165, 1.54) is 0 Å². The quantitative estimate of drug-likeness (QED) is 0.632. The molecule has 0 radical (unpaired) electrons. The van der Waals surface area contributed by atoms with Crippen molar-refractivity contribution >= 4 is 17.7 Å². The first-order valence-electron chi connectivity index (χ1n) is 7.91. The molecule has 120 valence electrons. The van der Waals surface area contributed by atoms with Crippen molar-refractivity contribution in [3.8, 4) is 0 Å². The Kier molecular flexibility index (Phi) is 4.03. The highest BCUT2D eigenvalue weighted by molar-refractivity contribution is 6.22. The monoisotopic (exact) mass is 312 g/mol. The van der Waals surface area contributed by atoms with Gasteiger partial charge in [-0.3, -0.25) is 19.3 Å². The summed E-state index contributed by atoms with van der Waals surface area (Å²) in [5.41, 5.74) is 0.775. The highest BCUT2D eigenvalue weighted by Gasteiger charge is 2.43. The summed E-state index contributed by atoms with van der Waals surface area (Å²) in [6.07, 6.45) is 4.32. The zero-order valence-corrected chi connectivity index (χ0v) is 13.4. The van der Waals surface area contributed by atoms with E-state index >= 15 is 0 Å². The van der Waals surface area contributed by atoms with E-state index in [1.54, 1.807) is 29.2 Å². The molecule has 0 spiro atoms. The second kappa shape index (κ2) is 5.99. The summed E-state index contributed by atoms with van der Waals surface area (Å²) in [4.78, 5) is 41.0. The van der Waals surface area contributed by atoms with Crippen LogP contribution in [-0.2, 0) is 4.79 Å². The van der Waals surface area contributed by atoms with Crippen molar-refractivity contribution in [2.24, 2.45) is 5.92 Å². The molecule has 23 heavy (non-hydrogen) atoms. The summed E-state index contributed by atoms with van der Waals surface area (Å²) >= 11 is 0. The van der Waals surface area contributed by atoms with Crippen LogP contribution in [0, 0.1) is 5.92 Å². The number of carbonyl (C=O) groups excluding carboxylic acids is 3. The molecule has 1 atom stereocenters. The fourth-order valence-corrected chi connectivity index (χ4v) is 3.12. The van der Waals surface area contributed by atoms with Crippen molar-refractivity contribution in [1.29, 1.82) is 0 Å². The molecule has 2 heterocycles. The van der Waals surface area contributed by atoms with E-state index in [2.05, 4.69) is 0 Å². The molecule has 1 aromatic carbocycles. The molecule has 0 fully saturated rings. The number of benzene rings is 1.